The summed E-state index contributed by atoms with van der Waals surface area (Å²) in [5.74, 6) is 0.664. The molecule has 1 fully saturated rings. The molecule has 1 aromatic rings. The summed E-state index contributed by atoms with van der Waals surface area (Å²) < 4.78 is 0. The van der Waals surface area contributed by atoms with Crippen LogP contribution in [0.5, 0.6) is 0 Å². The maximum Gasteiger partial charge on any atom is 0.269 e. The van der Waals surface area contributed by atoms with Crippen LogP contribution in [0.2, 0.25) is 0 Å². The van der Waals surface area contributed by atoms with Crippen LogP contribution in [-0.4, -0.2) is 18.0 Å². The van der Waals surface area contributed by atoms with E-state index in [-0.39, 0.29) is 10.6 Å². The molecule has 17 heavy (non-hydrogen) atoms. The van der Waals surface area contributed by atoms with Gasteiger partial charge in [0.15, 0.2) is 0 Å². The SMILES string of the molecule is Cc1ccc([N+](=O)[O-])cc1CC1CCNCC1. The van der Waals surface area contributed by atoms with Gasteiger partial charge >= 0.3 is 0 Å². The number of nitrogens with zero attached hydrogens (tertiary/aromatic N) is 1. The highest BCUT2D eigenvalue weighted by molar-refractivity contribution is 5.39. The number of non-ortho nitro benzene ring substituents is 1. The van der Waals surface area contributed by atoms with Crippen molar-refractivity contribution >= 4 is 5.69 Å². The Bertz CT molecular complexity index is 412. The van der Waals surface area contributed by atoms with Gasteiger partial charge in [-0.3, -0.25) is 10.1 Å². The minimum absolute atomic E-state index is 0.208. The molecule has 4 nitrogen and oxygen atoms in total. The quantitative estimate of drug-likeness (QED) is 0.645. The minimum atomic E-state index is -0.314. The fourth-order valence-electron chi connectivity index (χ4n) is 2.39. The molecule has 2 rings (SSSR count). The topological polar surface area (TPSA) is 55.2 Å². The molecule has 92 valence electrons. The highest BCUT2D eigenvalue weighted by Gasteiger charge is 2.16. The van der Waals surface area contributed by atoms with Gasteiger partial charge < -0.3 is 5.32 Å². The molecule has 4 heteroatoms. The van der Waals surface area contributed by atoms with Gasteiger partial charge in [0.05, 0.1) is 4.92 Å². The Morgan fingerprint density at radius 1 is 1.41 bits per heavy atom. The van der Waals surface area contributed by atoms with E-state index in [4.69, 9.17) is 0 Å². The molecule has 0 unspecified atom stereocenters. The van der Waals surface area contributed by atoms with Crippen LogP contribution in [0, 0.1) is 23.0 Å². The molecule has 0 aliphatic carbocycles. The Morgan fingerprint density at radius 2 is 2.12 bits per heavy atom. The number of piperidine rings is 1. The van der Waals surface area contributed by atoms with E-state index in [2.05, 4.69) is 5.32 Å². The van der Waals surface area contributed by atoms with Crippen LogP contribution in [0.3, 0.4) is 0 Å². The number of rotatable bonds is 3. The lowest BCUT2D eigenvalue weighted by molar-refractivity contribution is -0.384. The van der Waals surface area contributed by atoms with Crippen molar-refractivity contribution in [2.75, 3.05) is 13.1 Å². The van der Waals surface area contributed by atoms with Crippen LogP contribution in [-0.2, 0) is 6.42 Å². The second-order valence-electron chi connectivity index (χ2n) is 4.77. The van der Waals surface area contributed by atoms with E-state index >= 15 is 0 Å². The molecule has 0 saturated carbocycles. The Hall–Kier alpha value is -1.42. The molecular formula is C13H18N2O2. The molecule has 0 bridgehead atoms. The zero-order chi connectivity index (χ0) is 12.3. The Labute approximate surface area is 101 Å². The lowest BCUT2D eigenvalue weighted by atomic mass is 9.89. The van der Waals surface area contributed by atoms with Gasteiger partial charge in [0.2, 0.25) is 0 Å². The monoisotopic (exact) mass is 234 g/mol. The third-order valence-corrected chi connectivity index (χ3v) is 3.51. The third-order valence-electron chi connectivity index (χ3n) is 3.51. The molecule has 0 amide bonds. The lowest BCUT2D eigenvalue weighted by Gasteiger charge is -2.23. The molecule has 1 aromatic carbocycles. The van der Waals surface area contributed by atoms with Gasteiger partial charge in [-0.05, 0) is 56.3 Å². The molecule has 1 aliphatic heterocycles. The van der Waals surface area contributed by atoms with Gasteiger partial charge in [0.1, 0.15) is 0 Å². The molecule has 0 aromatic heterocycles. The maximum absolute atomic E-state index is 10.8. The maximum atomic E-state index is 10.8. The van der Waals surface area contributed by atoms with Crippen molar-refractivity contribution in [3.05, 3.63) is 39.4 Å². The van der Waals surface area contributed by atoms with E-state index in [1.165, 1.54) is 12.8 Å². The van der Waals surface area contributed by atoms with Crippen LogP contribution in [0.15, 0.2) is 18.2 Å². The first-order valence-electron chi connectivity index (χ1n) is 6.11. The normalized spacial score (nSPS) is 17.0. The summed E-state index contributed by atoms with van der Waals surface area (Å²) in [6, 6.07) is 5.17. The van der Waals surface area contributed by atoms with E-state index in [0.717, 1.165) is 30.6 Å². The summed E-state index contributed by atoms with van der Waals surface area (Å²) in [6.45, 7) is 4.16. The molecular weight excluding hydrogens is 216 g/mol. The van der Waals surface area contributed by atoms with Crippen molar-refractivity contribution in [2.24, 2.45) is 5.92 Å². The smallest absolute Gasteiger partial charge is 0.269 e. The minimum Gasteiger partial charge on any atom is -0.317 e. The van der Waals surface area contributed by atoms with Crippen molar-refractivity contribution in [3.8, 4) is 0 Å². The molecule has 0 spiro atoms. The van der Waals surface area contributed by atoms with E-state index in [0.29, 0.717) is 5.92 Å². The first-order valence-corrected chi connectivity index (χ1v) is 6.11. The van der Waals surface area contributed by atoms with Crippen molar-refractivity contribution in [3.63, 3.8) is 0 Å². The van der Waals surface area contributed by atoms with E-state index in [9.17, 15) is 10.1 Å². The number of benzene rings is 1. The molecule has 0 radical (unpaired) electrons. The van der Waals surface area contributed by atoms with Gasteiger partial charge in [-0.1, -0.05) is 6.07 Å². The first kappa shape index (κ1) is 12.0. The standard InChI is InChI=1S/C13H18N2O2/c1-10-2-3-13(15(16)17)9-12(10)8-11-4-6-14-7-5-11/h2-3,9,11,14H,4-8H2,1H3. The molecule has 1 aliphatic rings. The fraction of sp³-hybridized carbons (Fsp3) is 0.538. The van der Waals surface area contributed by atoms with Crippen molar-refractivity contribution in [1.82, 2.24) is 5.32 Å². The van der Waals surface area contributed by atoms with Crippen LogP contribution in [0.25, 0.3) is 0 Å². The summed E-state index contributed by atoms with van der Waals surface area (Å²) in [5, 5.41) is 14.1. The van der Waals surface area contributed by atoms with Gasteiger partial charge in [-0.25, -0.2) is 0 Å². The number of hydrogen-bond donors (Lipinski definition) is 1. The summed E-state index contributed by atoms with van der Waals surface area (Å²) in [4.78, 5) is 10.4. The third kappa shape index (κ3) is 3.03. The van der Waals surface area contributed by atoms with Gasteiger partial charge in [0, 0.05) is 12.1 Å². The van der Waals surface area contributed by atoms with Crippen LogP contribution >= 0.6 is 0 Å². The number of nitro groups is 1. The predicted molar refractivity (Wildman–Crippen MR) is 67.1 cm³/mol. The lowest BCUT2D eigenvalue weighted by Crippen LogP contribution is -2.28. The van der Waals surface area contributed by atoms with E-state index in [1.54, 1.807) is 12.1 Å². The van der Waals surface area contributed by atoms with Crippen LogP contribution in [0.4, 0.5) is 5.69 Å². The fourth-order valence-corrected chi connectivity index (χ4v) is 2.39. The Kier molecular flexibility index (Phi) is 3.74. The Balaban J connectivity index is 2.13. The number of aryl methyl sites for hydroxylation is 1. The average Bonchev–Trinajstić information content (AvgIpc) is 2.33. The summed E-state index contributed by atoms with van der Waals surface area (Å²) in [5.41, 5.74) is 2.50. The Morgan fingerprint density at radius 3 is 2.76 bits per heavy atom. The summed E-state index contributed by atoms with van der Waals surface area (Å²) in [6.07, 6.45) is 3.31. The molecule has 1 N–H and O–H groups in total. The average molecular weight is 234 g/mol. The predicted octanol–water partition coefficient (Wildman–Crippen LogP) is 2.45. The zero-order valence-electron chi connectivity index (χ0n) is 10.1. The van der Waals surface area contributed by atoms with Crippen molar-refractivity contribution < 1.29 is 4.92 Å². The first-order chi connectivity index (χ1) is 8.16. The second-order valence-corrected chi connectivity index (χ2v) is 4.77. The van der Waals surface area contributed by atoms with E-state index < -0.39 is 0 Å². The van der Waals surface area contributed by atoms with Crippen LogP contribution in [0.1, 0.15) is 24.0 Å². The second kappa shape index (κ2) is 5.27. The molecule has 0 atom stereocenters. The zero-order valence-corrected chi connectivity index (χ0v) is 10.1. The van der Waals surface area contributed by atoms with Crippen molar-refractivity contribution in [2.45, 2.75) is 26.2 Å². The highest BCUT2D eigenvalue weighted by Crippen LogP contribution is 2.23. The van der Waals surface area contributed by atoms with Crippen LogP contribution < -0.4 is 5.32 Å². The summed E-state index contributed by atoms with van der Waals surface area (Å²) >= 11 is 0. The van der Waals surface area contributed by atoms with E-state index in [1.807, 2.05) is 13.0 Å². The molecule has 1 heterocycles. The van der Waals surface area contributed by atoms with Gasteiger partial charge in [-0.2, -0.15) is 0 Å². The van der Waals surface area contributed by atoms with Gasteiger partial charge in [0.25, 0.3) is 5.69 Å². The highest BCUT2D eigenvalue weighted by atomic mass is 16.6. The number of hydrogen-bond acceptors (Lipinski definition) is 3. The number of nitrogens with one attached hydrogen (secondary N) is 1. The van der Waals surface area contributed by atoms with Gasteiger partial charge in [-0.15, -0.1) is 0 Å². The molecule has 1 saturated heterocycles. The number of nitro benzene ring substituents is 1. The van der Waals surface area contributed by atoms with Crippen molar-refractivity contribution in [1.29, 1.82) is 0 Å². The summed E-state index contributed by atoms with van der Waals surface area (Å²) in [7, 11) is 0. The largest absolute Gasteiger partial charge is 0.317 e.